The van der Waals surface area contributed by atoms with Gasteiger partial charge in [-0.15, -0.1) is 0 Å². The molecule has 1 amide bonds. The van der Waals surface area contributed by atoms with Crippen molar-refractivity contribution in [3.05, 3.63) is 69.1 Å². The van der Waals surface area contributed by atoms with E-state index in [0.29, 0.717) is 39.2 Å². The number of imidazole rings is 1. The highest BCUT2D eigenvalue weighted by atomic mass is 35.5. The van der Waals surface area contributed by atoms with Gasteiger partial charge in [0.15, 0.2) is 11.4 Å². The number of fused-ring (bicyclic) bond motifs is 1. The van der Waals surface area contributed by atoms with Gasteiger partial charge in [0.1, 0.15) is 0 Å². The first kappa shape index (κ1) is 19.7. The summed E-state index contributed by atoms with van der Waals surface area (Å²) in [7, 11) is 0. The summed E-state index contributed by atoms with van der Waals surface area (Å²) >= 11 is 17.9. The summed E-state index contributed by atoms with van der Waals surface area (Å²) in [5.41, 5.74) is 1.96. The van der Waals surface area contributed by atoms with E-state index in [4.69, 9.17) is 34.8 Å². The molecular formula is C19H16Cl3N3O2. The maximum atomic E-state index is 12.1. The molecule has 8 heteroatoms. The fourth-order valence-corrected chi connectivity index (χ4v) is 3.27. The van der Waals surface area contributed by atoms with Crippen molar-refractivity contribution < 1.29 is 9.59 Å². The van der Waals surface area contributed by atoms with Crippen molar-refractivity contribution in [2.75, 3.05) is 6.54 Å². The van der Waals surface area contributed by atoms with Crippen LogP contribution < -0.4 is 5.32 Å². The van der Waals surface area contributed by atoms with Crippen molar-refractivity contribution in [3.63, 3.8) is 0 Å². The maximum Gasteiger partial charge on any atom is 0.220 e. The van der Waals surface area contributed by atoms with Gasteiger partial charge in [0.25, 0.3) is 0 Å². The summed E-state index contributed by atoms with van der Waals surface area (Å²) in [6, 6.07) is 8.26. The number of Topliss-reactive ketones (excluding diaryl/α,β-unsaturated/α-hetero) is 1. The van der Waals surface area contributed by atoms with Gasteiger partial charge in [-0.3, -0.25) is 9.59 Å². The molecule has 1 aromatic carbocycles. The van der Waals surface area contributed by atoms with E-state index < -0.39 is 0 Å². The highest BCUT2D eigenvalue weighted by Crippen LogP contribution is 2.21. The number of nitrogens with zero attached hydrogens (tertiary/aromatic N) is 2. The Morgan fingerprint density at radius 1 is 1.00 bits per heavy atom. The van der Waals surface area contributed by atoms with Crippen molar-refractivity contribution in [2.45, 2.75) is 19.3 Å². The molecule has 0 atom stereocenters. The van der Waals surface area contributed by atoms with Crippen molar-refractivity contribution in [1.82, 2.24) is 14.7 Å². The van der Waals surface area contributed by atoms with E-state index in [0.717, 1.165) is 5.69 Å². The Morgan fingerprint density at radius 2 is 1.74 bits per heavy atom. The Labute approximate surface area is 171 Å². The lowest BCUT2D eigenvalue weighted by atomic mass is 10.1. The van der Waals surface area contributed by atoms with E-state index >= 15 is 0 Å². The summed E-state index contributed by atoms with van der Waals surface area (Å²) in [5.74, 6) is -0.268. The van der Waals surface area contributed by atoms with Crippen LogP contribution in [-0.4, -0.2) is 27.6 Å². The molecule has 0 bridgehead atoms. The molecule has 140 valence electrons. The fraction of sp³-hybridized carbons (Fsp3) is 0.211. The fourth-order valence-electron chi connectivity index (χ4n) is 2.62. The number of hydrogen-bond donors (Lipinski definition) is 1. The Balaban J connectivity index is 1.46. The minimum absolute atomic E-state index is 0.0892. The van der Waals surface area contributed by atoms with Crippen LogP contribution in [0.2, 0.25) is 15.1 Å². The molecule has 1 N–H and O–H groups in total. The van der Waals surface area contributed by atoms with Crippen LogP contribution in [0.25, 0.3) is 5.65 Å². The van der Waals surface area contributed by atoms with E-state index in [-0.39, 0.29) is 24.5 Å². The Hall–Kier alpha value is -2.08. The highest BCUT2D eigenvalue weighted by Gasteiger charge is 2.10. The number of carbonyl (C=O) groups excluding carboxylic acids is 2. The SMILES string of the molecule is O=C(CCC(=O)c1ccc(Cl)cc1)NCCc1cn2cc(Cl)cc(Cl)c2n1. The predicted octanol–water partition coefficient (Wildman–Crippen LogP) is 4.62. The summed E-state index contributed by atoms with van der Waals surface area (Å²) in [4.78, 5) is 28.4. The van der Waals surface area contributed by atoms with Gasteiger partial charge < -0.3 is 9.72 Å². The van der Waals surface area contributed by atoms with E-state index in [1.54, 1.807) is 40.9 Å². The van der Waals surface area contributed by atoms with Gasteiger partial charge in [-0.25, -0.2) is 4.98 Å². The first-order valence-electron chi connectivity index (χ1n) is 8.30. The van der Waals surface area contributed by atoms with Crippen LogP contribution in [0.5, 0.6) is 0 Å². The van der Waals surface area contributed by atoms with Crippen LogP contribution in [0.3, 0.4) is 0 Å². The van der Waals surface area contributed by atoms with Gasteiger partial charge in [0, 0.05) is 48.8 Å². The molecule has 0 spiro atoms. The van der Waals surface area contributed by atoms with Crippen molar-refractivity contribution in [2.24, 2.45) is 0 Å². The van der Waals surface area contributed by atoms with Gasteiger partial charge in [-0.1, -0.05) is 34.8 Å². The van der Waals surface area contributed by atoms with E-state index in [1.807, 2.05) is 6.20 Å². The molecule has 2 heterocycles. The maximum absolute atomic E-state index is 12.1. The molecule has 0 aliphatic carbocycles. The number of pyridine rings is 1. The molecule has 0 unspecified atom stereocenters. The second-order valence-electron chi connectivity index (χ2n) is 6.00. The Bertz CT molecular complexity index is 984. The molecule has 2 aromatic heterocycles. The minimum Gasteiger partial charge on any atom is -0.356 e. The lowest BCUT2D eigenvalue weighted by Crippen LogP contribution is -2.26. The van der Waals surface area contributed by atoms with Crippen LogP contribution in [0.4, 0.5) is 0 Å². The highest BCUT2D eigenvalue weighted by molar-refractivity contribution is 6.36. The summed E-state index contributed by atoms with van der Waals surface area (Å²) in [5, 5.41) is 4.36. The molecule has 5 nitrogen and oxygen atoms in total. The Kier molecular flexibility index (Phi) is 6.37. The van der Waals surface area contributed by atoms with Crippen LogP contribution in [-0.2, 0) is 11.2 Å². The van der Waals surface area contributed by atoms with Gasteiger partial charge >= 0.3 is 0 Å². The van der Waals surface area contributed by atoms with E-state index in [9.17, 15) is 9.59 Å². The number of benzene rings is 1. The molecule has 0 saturated heterocycles. The number of aromatic nitrogens is 2. The number of halogens is 3. The van der Waals surface area contributed by atoms with Crippen LogP contribution in [0, 0.1) is 0 Å². The van der Waals surface area contributed by atoms with Gasteiger partial charge in [0.2, 0.25) is 5.91 Å². The summed E-state index contributed by atoms with van der Waals surface area (Å²) in [6.45, 7) is 0.420. The normalized spacial score (nSPS) is 10.9. The lowest BCUT2D eigenvalue weighted by Gasteiger charge is -2.04. The number of hydrogen-bond acceptors (Lipinski definition) is 3. The summed E-state index contributed by atoms with van der Waals surface area (Å²) < 4.78 is 1.76. The topological polar surface area (TPSA) is 63.5 Å². The number of carbonyl (C=O) groups is 2. The van der Waals surface area contributed by atoms with Crippen molar-refractivity contribution in [1.29, 1.82) is 0 Å². The third-order valence-corrected chi connectivity index (χ3v) is 4.71. The summed E-state index contributed by atoms with van der Waals surface area (Å²) in [6.07, 6.45) is 4.38. The smallest absolute Gasteiger partial charge is 0.220 e. The molecule has 0 saturated carbocycles. The predicted molar refractivity (Wildman–Crippen MR) is 107 cm³/mol. The second kappa shape index (κ2) is 8.74. The third kappa shape index (κ3) is 5.22. The van der Waals surface area contributed by atoms with Gasteiger partial charge in [-0.05, 0) is 30.3 Å². The molecule has 0 aliphatic heterocycles. The first-order valence-corrected chi connectivity index (χ1v) is 9.44. The van der Waals surface area contributed by atoms with Gasteiger partial charge in [0.05, 0.1) is 15.7 Å². The monoisotopic (exact) mass is 423 g/mol. The van der Waals surface area contributed by atoms with Crippen molar-refractivity contribution >= 4 is 52.1 Å². The largest absolute Gasteiger partial charge is 0.356 e. The minimum atomic E-state index is -0.179. The van der Waals surface area contributed by atoms with Crippen LogP contribution in [0.15, 0.2) is 42.7 Å². The number of amides is 1. The number of nitrogens with one attached hydrogen (secondary N) is 1. The zero-order valence-corrected chi connectivity index (χ0v) is 16.5. The average Bonchev–Trinajstić information content (AvgIpc) is 3.03. The average molecular weight is 425 g/mol. The standard InChI is InChI=1S/C19H16Cl3N3O2/c20-13-3-1-12(2-4-13)17(26)5-6-18(27)23-8-7-15-11-25-10-14(21)9-16(22)19(25)24-15/h1-4,9-11H,5-8H2,(H,23,27). The first-order chi connectivity index (χ1) is 12.9. The lowest BCUT2D eigenvalue weighted by molar-refractivity contribution is -0.121. The zero-order chi connectivity index (χ0) is 19.4. The van der Waals surface area contributed by atoms with E-state index in [1.165, 1.54) is 0 Å². The van der Waals surface area contributed by atoms with Crippen molar-refractivity contribution in [3.8, 4) is 0 Å². The van der Waals surface area contributed by atoms with E-state index in [2.05, 4.69) is 10.3 Å². The van der Waals surface area contributed by atoms with Crippen LogP contribution >= 0.6 is 34.8 Å². The third-order valence-electron chi connectivity index (χ3n) is 3.97. The van der Waals surface area contributed by atoms with Gasteiger partial charge in [-0.2, -0.15) is 0 Å². The number of rotatable bonds is 7. The molecule has 0 radical (unpaired) electrons. The Morgan fingerprint density at radius 3 is 2.48 bits per heavy atom. The molecule has 3 rings (SSSR count). The molecular weight excluding hydrogens is 409 g/mol. The second-order valence-corrected chi connectivity index (χ2v) is 7.28. The number of ketones is 1. The van der Waals surface area contributed by atoms with Crippen LogP contribution in [0.1, 0.15) is 28.9 Å². The molecule has 27 heavy (non-hydrogen) atoms. The molecule has 0 fully saturated rings. The molecule has 3 aromatic rings. The zero-order valence-electron chi connectivity index (χ0n) is 14.2. The molecule has 0 aliphatic rings. The quantitative estimate of drug-likeness (QED) is 0.563.